The van der Waals surface area contributed by atoms with Gasteiger partial charge in [0.25, 0.3) is 0 Å². The first-order valence-electron chi connectivity index (χ1n) is 15.0. The molecule has 1 N–H and O–H groups in total. The van der Waals surface area contributed by atoms with Crippen molar-refractivity contribution >= 4 is 33.4 Å². The Kier molecular flexibility index (Phi) is 6.73. The zero-order valence-corrected chi connectivity index (χ0v) is 26.0. The largest absolute Gasteiger partial charge is 0.355 e. The second kappa shape index (κ2) is 10.8. The van der Waals surface area contributed by atoms with Crippen LogP contribution < -0.4 is 5.32 Å². The third kappa shape index (κ3) is 5.22. The third-order valence-electron chi connectivity index (χ3n) is 8.48. The molecule has 0 spiro atoms. The molecule has 0 radical (unpaired) electrons. The second-order valence-corrected chi connectivity index (χ2v) is 12.0. The molecule has 0 fully saturated rings. The van der Waals surface area contributed by atoms with Gasteiger partial charge in [-0.25, -0.2) is 0 Å². The van der Waals surface area contributed by atoms with E-state index in [0.717, 1.165) is 51.2 Å². The Morgan fingerprint density at radius 1 is 0.477 bits per heavy atom. The highest BCUT2D eigenvalue weighted by Crippen LogP contribution is 2.25. The van der Waals surface area contributed by atoms with Crippen LogP contribution in [0.5, 0.6) is 0 Å². The first-order valence-corrected chi connectivity index (χ1v) is 15.0. The van der Waals surface area contributed by atoms with Crippen molar-refractivity contribution < 1.29 is 0 Å². The summed E-state index contributed by atoms with van der Waals surface area (Å²) in [6, 6.07) is 29.7. The summed E-state index contributed by atoms with van der Waals surface area (Å²) < 4.78 is 0. The summed E-state index contributed by atoms with van der Waals surface area (Å²) in [7, 11) is 0. The first kappa shape index (κ1) is 27.5. The molecule has 7 aromatic rings. The molecule has 7 heteroatoms. The third-order valence-corrected chi connectivity index (χ3v) is 8.48. The lowest BCUT2D eigenvalue weighted by molar-refractivity contribution is 0.758. The van der Waals surface area contributed by atoms with Crippen molar-refractivity contribution in [2.24, 2.45) is 0 Å². The van der Waals surface area contributed by atoms with Gasteiger partial charge in [-0.1, -0.05) is 30.3 Å². The number of anilines is 2. The molecule has 0 saturated carbocycles. The second-order valence-electron chi connectivity index (χ2n) is 12.0. The lowest BCUT2D eigenvalue weighted by atomic mass is 10.0. The Hall–Kier alpha value is -5.30. The van der Waals surface area contributed by atoms with Gasteiger partial charge in [-0.15, -0.1) is 20.4 Å². The maximum atomic E-state index is 4.83. The van der Waals surface area contributed by atoms with Gasteiger partial charge in [0.05, 0.1) is 11.4 Å². The number of nitrogens with one attached hydrogen (secondary N) is 1. The van der Waals surface area contributed by atoms with Crippen LogP contribution in [-0.2, 0) is 6.42 Å². The molecule has 2 aromatic heterocycles. The maximum Gasteiger partial charge on any atom is 0.115 e. The number of fused-ring (bicyclic) bond motifs is 2. The monoisotopic (exact) mass is 577 g/mol. The molecule has 0 aliphatic heterocycles. The molecular weight excluding hydrogens is 542 g/mol. The number of hydrogen-bond donors (Lipinski definition) is 1. The van der Waals surface area contributed by atoms with Crippen LogP contribution in [0.4, 0.5) is 11.4 Å². The average Bonchev–Trinajstić information content (AvgIpc) is 3.61. The summed E-state index contributed by atoms with van der Waals surface area (Å²) in [5, 5.41) is 22.6. The van der Waals surface area contributed by atoms with E-state index in [4.69, 9.17) is 20.4 Å². The normalized spacial score (nSPS) is 11.5. The van der Waals surface area contributed by atoms with Crippen molar-refractivity contribution in [3.8, 4) is 11.4 Å². The lowest BCUT2D eigenvalue weighted by Gasteiger charge is -2.08. The molecule has 7 nitrogen and oxygen atoms in total. The van der Waals surface area contributed by atoms with E-state index in [1.807, 2.05) is 18.2 Å². The average molecular weight is 578 g/mol. The fraction of sp³-hybridized carbons (Fsp3) is 0.189. The predicted octanol–water partition coefficient (Wildman–Crippen LogP) is 8.34. The Morgan fingerprint density at radius 3 is 1.55 bits per heavy atom. The minimum atomic E-state index is 0.818. The van der Waals surface area contributed by atoms with Crippen LogP contribution in [0.2, 0.25) is 0 Å². The SMILES string of the molecule is Cc1cc(C)c(C)c(-n2nc3ccc(Cc4ccc(Nc5ccc6nn(-c7cc(C)cc(C)c7C)nc6c5)cc4)cc3n2)c1. The quantitative estimate of drug-likeness (QED) is 0.215. The molecule has 0 amide bonds. The molecule has 7 rings (SSSR count). The van der Waals surface area contributed by atoms with Crippen molar-refractivity contribution in [1.82, 2.24) is 30.0 Å². The van der Waals surface area contributed by atoms with Gasteiger partial charge in [0.2, 0.25) is 0 Å². The van der Waals surface area contributed by atoms with E-state index in [1.54, 1.807) is 9.59 Å². The first-order chi connectivity index (χ1) is 21.2. The fourth-order valence-electron chi connectivity index (χ4n) is 5.84. The minimum absolute atomic E-state index is 0.818. The molecule has 0 saturated heterocycles. The van der Waals surface area contributed by atoms with Gasteiger partial charge in [-0.3, -0.25) is 0 Å². The van der Waals surface area contributed by atoms with Gasteiger partial charge < -0.3 is 5.32 Å². The van der Waals surface area contributed by atoms with Crippen molar-refractivity contribution in [2.75, 3.05) is 5.32 Å². The van der Waals surface area contributed by atoms with Crippen molar-refractivity contribution in [3.05, 3.63) is 129 Å². The van der Waals surface area contributed by atoms with E-state index in [2.05, 4.69) is 114 Å². The summed E-state index contributed by atoms with van der Waals surface area (Å²) in [4.78, 5) is 3.52. The van der Waals surface area contributed by atoms with Crippen molar-refractivity contribution in [2.45, 2.75) is 48.0 Å². The van der Waals surface area contributed by atoms with E-state index in [1.165, 1.54) is 44.5 Å². The Labute approximate surface area is 257 Å². The number of rotatable bonds is 6. The summed E-state index contributed by atoms with van der Waals surface area (Å²) in [5.41, 5.74) is 17.3. The zero-order valence-electron chi connectivity index (χ0n) is 26.0. The number of benzene rings is 5. The van der Waals surface area contributed by atoms with Crippen LogP contribution in [0.15, 0.2) is 84.9 Å². The molecule has 44 heavy (non-hydrogen) atoms. The fourth-order valence-corrected chi connectivity index (χ4v) is 5.84. The van der Waals surface area contributed by atoms with E-state index in [9.17, 15) is 0 Å². The smallest absolute Gasteiger partial charge is 0.115 e. The number of nitrogens with zero attached hydrogens (tertiary/aromatic N) is 6. The molecule has 5 aromatic carbocycles. The van der Waals surface area contributed by atoms with Crippen LogP contribution in [0, 0.1) is 41.5 Å². The van der Waals surface area contributed by atoms with E-state index in [-0.39, 0.29) is 0 Å². The highest BCUT2D eigenvalue weighted by atomic mass is 15.5. The van der Waals surface area contributed by atoms with Crippen LogP contribution in [0.3, 0.4) is 0 Å². The summed E-state index contributed by atoms with van der Waals surface area (Å²) >= 11 is 0. The van der Waals surface area contributed by atoms with Crippen LogP contribution in [0.25, 0.3) is 33.4 Å². The molecule has 0 bridgehead atoms. The number of aromatic nitrogens is 6. The number of aryl methyl sites for hydroxylation is 4. The summed E-state index contributed by atoms with van der Waals surface area (Å²) in [6.45, 7) is 12.7. The minimum Gasteiger partial charge on any atom is -0.355 e. The molecule has 218 valence electrons. The van der Waals surface area contributed by atoms with E-state index >= 15 is 0 Å². The highest BCUT2D eigenvalue weighted by Gasteiger charge is 2.12. The summed E-state index contributed by atoms with van der Waals surface area (Å²) in [6.07, 6.45) is 0.818. The van der Waals surface area contributed by atoms with Gasteiger partial charge >= 0.3 is 0 Å². The zero-order chi connectivity index (χ0) is 30.5. The van der Waals surface area contributed by atoms with E-state index < -0.39 is 0 Å². The van der Waals surface area contributed by atoms with Crippen molar-refractivity contribution in [1.29, 1.82) is 0 Å². The molecule has 0 aliphatic rings. The Balaban J connectivity index is 1.07. The van der Waals surface area contributed by atoms with Crippen LogP contribution in [0.1, 0.15) is 44.5 Å². The summed E-state index contributed by atoms with van der Waals surface area (Å²) in [5.74, 6) is 0. The molecule has 0 aliphatic carbocycles. The maximum absolute atomic E-state index is 4.83. The van der Waals surface area contributed by atoms with Gasteiger partial charge in [-0.2, -0.15) is 9.59 Å². The van der Waals surface area contributed by atoms with Gasteiger partial charge in [0.15, 0.2) is 0 Å². The van der Waals surface area contributed by atoms with Crippen molar-refractivity contribution in [3.63, 3.8) is 0 Å². The van der Waals surface area contributed by atoms with E-state index in [0.29, 0.717) is 0 Å². The van der Waals surface area contributed by atoms with Crippen LogP contribution >= 0.6 is 0 Å². The van der Waals surface area contributed by atoms with Gasteiger partial charge in [0.1, 0.15) is 22.1 Å². The Bertz CT molecular complexity index is 2030. The molecular formula is C37H35N7. The number of hydrogen-bond acceptors (Lipinski definition) is 5. The lowest BCUT2D eigenvalue weighted by Crippen LogP contribution is -2.03. The molecule has 0 atom stereocenters. The standard InChI is InChI=1S/C37H35N7/c1-22-15-24(3)26(5)36(17-22)43-39-32-13-9-29(20-34(32)41-43)19-28-7-10-30(11-8-28)38-31-12-14-33-35(21-31)42-44(40-33)37-18-23(2)16-25(4)27(37)6/h7-18,20-21,38H,19H2,1-6H3. The Morgan fingerprint density at radius 2 is 0.955 bits per heavy atom. The topological polar surface area (TPSA) is 73.5 Å². The van der Waals surface area contributed by atoms with Crippen LogP contribution in [-0.4, -0.2) is 30.0 Å². The molecule has 0 unspecified atom stereocenters. The van der Waals surface area contributed by atoms with Gasteiger partial charge in [-0.05, 0) is 147 Å². The molecule has 2 heterocycles. The van der Waals surface area contributed by atoms with Gasteiger partial charge in [0, 0.05) is 11.4 Å². The predicted molar refractivity (Wildman–Crippen MR) is 179 cm³/mol. The highest BCUT2D eigenvalue weighted by molar-refractivity contribution is 5.80.